The Kier molecular flexibility index (Phi) is 12.1. The quantitative estimate of drug-likeness (QED) is 0.291. The van der Waals surface area contributed by atoms with E-state index in [0.717, 1.165) is 23.3 Å². The fraction of sp³-hybridized carbons (Fsp3) is 0.650. The molecule has 0 fully saturated rings. The van der Waals surface area contributed by atoms with Crippen molar-refractivity contribution in [2.24, 2.45) is 4.99 Å². The van der Waals surface area contributed by atoms with Gasteiger partial charge in [-0.15, -0.1) is 0 Å². The zero-order valence-electron chi connectivity index (χ0n) is 17.4. The molecule has 0 amide bonds. The van der Waals surface area contributed by atoms with E-state index in [1.165, 1.54) is 0 Å². The highest BCUT2D eigenvalue weighted by atomic mass is 19.4. The molecule has 1 aromatic carbocycles. The molecule has 0 atom stereocenters. The summed E-state index contributed by atoms with van der Waals surface area (Å²) >= 11 is 0. The molecule has 0 aromatic heterocycles. The van der Waals surface area contributed by atoms with Crippen LogP contribution in [0.5, 0.6) is 5.75 Å². The van der Waals surface area contributed by atoms with E-state index in [2.05, 4.69) is 20.4 Å². The van der Waals surface area contributed by atoms with Gasteiger partial charge in [0, 0.05) is 45.4 Å². The number of rotatable bonds is 13. The first-order valence-corrected chi connectivity index (χ1v) is 9.73. The Balaban J connectivity index is 2.54. The van der Waals surface area contributed by atoms with Crippen LogP contribution in [-0.2, 0) is 16.0 Å². The SMILES string of the molecule is CCNC(=NCc1ccc(C)cc1OCCCOC)NCCCOCC(F)(F)F. The van der Waals surface area contributed by atoms with Gasteiger partial charge >= 0.3 is 6.18 Å². The molecule has 0 aliphatic carbocycles. The first kappa shape index (κ1) is 25.0. The van der Waals surface area contributed by atoms with E-state index in [0.29, 0.717) is 45.2 Å². The molecule has 9 heteroatoms. The molecule has 0 aliphatic heterocycles. The number of aliphatic imine (C=N–C) groups is 1. The lowest BCUT2D eigenvalue weighted by Gasteiger charge is -2.14. The summed E-state index contributed by atoms with van der Waals surface area (Å²) in [5.41, 5.74) is 2.06. The number of benzene rings is 1. The van der Waals surface area contributed by atoms with Gasteiger partial charge in [-0.25, -0.2) is 4.99 Å². The Morgan fingerprint density at radius 3 is 2.59 bits per heavy atom. The average Bonchev–Trinajstić information content (AvgIpc) is 2.66. The van der Waals surface area contributed by atoms with Crippen LogP contribution in [-0.4, -0.2) is 58.8 Å². The van der Waals surface area contributed by atoms with E-state index in [-0.39, 0.29) is 6.61 Å². The zero-order valence-corrected chi connectivity index (χ0v) is 17.4. The van der Waals surface area contributed by atoms with Crippen LogP contribution in [0.1, 0.15) is 30.9 Å². The molecule has 29 heavy (non-hydrogen) atoms. The smallest absolute Gasteiger partial charge is 0.411 e. The summed E-state index contributed by atoms with van der Waals surface area (Å²) in [5, 5.41) is 6.22. The third-order valence-electron chi connectivity index (χ3n) is 3.75. The van der Waals surface area contributed by atoms with Crippen molar-refractivity contribution >= 4 is 5.96 Å². The Morgan fingerprint density at radius 2 is 1.90 bits per heavy atom. The van der Waals surface area contributed by atoms with Crippen LogP contribution in [0, 0.1) is 6.92 Å². The van der Waals surface area contributed by atoms with E-state index in [4.69, 9.17) is 9.47 Å². The molecule has 0 heterocycles. The van der Waals surface area contributed by atoms with Crippen molar-refractivity contribution in [2.75, 3.05) is 46.6 Å². The minimum absolute atomic E-state index is 0.0311. The second-order valence-corrected chi connectivity index (χ2v) is 6.45. The van der Waals surface area contributed by atoms with Gasteiger partial charge in [-0.2, -0.15) is 13.2 Å². The Labute approximate surface area is 170 Å². The van der Waals surface area contributed by atoms with Gasteiger partial charge in [-0.1, -0.05) is 12.1 Å². The minimum Gasteiger partial charge on any atom is -0.493 e. The van der Waals surface area contributed by atoms with Crippen LogP contribution in [0.4, 0.5) is 13.2 Å². The molecule has 1 rings (SSSR count). The number of nitrogens with one attached hydrogen (secondary N) is 2. The van der Waals surface area contributed by atoms with Gasteiger partial charge in [-0.05, 0) is 31.9 Å². The van der Waals surface area contributed by atoms with Crippen LogP contribution < -0.4 is 15.4 Å². The van der Waals surface area contributed by atoms with Crippen molar-refractivity contribution in [1.82, 2.24) is 10.6 Å². The molecular formula is C20H32F3N3O3. The lowest BCUT2D eigenvalue weighted by molar-refractivity contribution is -0.173. The van der Waals surface area contributed by atoms with Crippen molar-refractivity contribution < 1.29 is 27.4 Å². The van der Waals surface area contributed by atoms with Crippen LogP contribution in [0.3, 0.4) is 0 Å². The molecule has 0 bridgehead atoms. The van der Waals surface area contributed by atoms with Gasteiger partial charge in [0.2, 0.25) is 0 Å². The zero-order chi connectivity index (χ0) is 21.5. The summed E-state index contributed by atoms with van der Waals surface area (Å²) in [5.74, 6) is 1.38. The maximum Gasteiger partial charge on any atom is 0.411 e. The fourth-order valence-corrected chi connectivity index (χ4v) is 2.39. The van der Waals surface area contributed by atoms with Crippen LogP contribution in [0.15, 0.2) is 23.2 Å². The highest BCUT2D eigenvalue weighted by Gasteiger charge is 2.27. The van der Waals surface area contributed by atoms with Crippen LogP contribution in [0.2, 0.25) is 0 Å². The molecule has 0 saturated heterocycles. The van der Waals surface area contributed by atoms with Crippen molar-refractivity contribution in [3.05, 3.63) is 29.3 Å². The van der Waals surface area contributed by atoms with E-state index in [1.54, 1.807) is 7.11 Å². The van der Waals surface area contributed by atoms with Crippen molar-refractivity contribution in [3.8, 4) is 5.75 Å². The fourth-order valence-electron chi connectivity index (χ4n) is 2.39. The second-order valence-electron chi connectivity index (χ2n) is 6.45. The molecule has 0 aliphatic rings. The third-order valence-corrected chi connectivity index (χ3v) is 3.75. The number of halogens is 3. The molecule has 2 N–H and O–H groups in total. The van der Waals surface area contributed by atoms with E-state index >= 15 is 0 Å². The number of aryl methyl sites for hydroxylation is 1. The lowest BCUT2D eigenvalue weighted by Crippen LogP contribution is -2.38. The Hall–Kier alpha value is -2.00. The summed E-state index contributed by atoms with van der Waals surface area (Å²) in [7, 11) is 1.66. The molecule has 166 valence electrons. The second kappa shape index (κ2) is 14.1. The predicted molar refractivity (Wildman–Crippen MR) is 107 cm³/mol. The standard InChI is InChI=1S/C20H32F3N3O3/c1-4-24-19(25-9-5-11-28-15-20(21,22)23)26-14-17-8-7-16(2)13-18(17)29-12-6-10-27-3/h7-8,13H,4-6,9-12,14-15H2,1-3H3,(H2,24,25,26). The van der Waals surface area contributed by atoms with Gasteiger partial charge in [0.1, 0.15) is 12.4 Å². The van der Waals surface area contributed by atoms with Gasteiger partial charge in [0.05, 0.1) is 13.2 Å². The van der Waals surface area contributed by atoms with Gasteiger partial charge in [0.25, 0.3) is 0 Å². The summed E-state index contributed by atoms with van der Waals surface area (Å²) in [6.45, 7) is 5.50. The molecule has 0 saturated carbocycles. The number of nitrogens with zero attached hydrogens (tertiary/aromatic N) is 1. The topological polar surface area (TPSA) is 64.1 Å². The van der Waals surface area contributed by atoms with Crippen LogP contribution >= 0.6 is 0 Å². The van der Waals surface area contributed by atoms with Crippen molar-refractivity contribution in [3.63, 3.8) is 0 Å². The van der Waals surface area contributed by atoms with Crippen LogP contribution in [0.25, 0.3) is 0 Å². The number of methoxy groups -OCH3 is 1. The molecule has 0 radical (unpaired) electrons. The molecule has 0 spiro atoms. The maximum absolute atomic E-state index is 12.0. The summed E-state index contributed by atoms with van der Waals surface area (Å²) in [6.07, 6.45) is -3.05. The number of hydrogen-bond acceptors (Lipinski definition) is 4. The van der Waals surface area contributed by atoms with E-state index < -0.39 is 12.8 Å². The van der Waals surface area contributed by atoms with Gasteiger partial charge in [-0.3, -0.25) is 0 Å². The third kappa shape index (κ3) is 12.2. The first-order chi connectivity index (χ1) is 13.9. The largest absolute Gasteiger partial charge is 0.493 e. The first-order valence-electron chi connectivity index (χ1n) is 9.73. The van der Waals surface area contributed by atoms with Crippen molar-refractivity contribution in [2.45, 2.75) is 39.4 Å². The molecule has 0 unspecified atom stereocenters. The van der Waals surface area contributed by atoms with E-state index in [1.807, 2.05) is 32.0 Å². The monoisotopic (exact) mass is 419 g/mol. The number of hydrogen-bond donors (Lipinski definition) is 2. The Bertz CT molecular complexity index is 610. The van der Waals surface area contributed by atoms with Gasteiger partial charge < -0.3 is 24.8 Å². The highest BCUT2D eigenvalue weighted by molar-refractivity contribution is 5.79. The normalized spacial score (nSPS) is 12.1. The Morgan fingerprint density at radius 1 is 1.10 bits per heavy atom. The summed E-state index contributed by atoms with van der Waals surface area (Å²) in [6, 6.07) is 5.97. The van der Waals surface area contributed by atoms with Gasteiger partial charge in [0.15, 0.2) is 5.96 Å². The number of alkyl halides is 3. The number of guanidine groups is 1. The summed E-state index contributed by atoms with van der Waals surface area (Å²) in [4.78, 5) is 4.54. The average molecular weight is 419 g/mol. The summed E-state index contributed by atoms with van der Waals surface area (Å²) < 4.78 is 51.6. The van der Waals surface area contributed by atoms with E-state index in [9.17, 15) is 13.2 Å². The number of ether oxygens (including phenoxy) is 3. The lowest BCUT2D eigenvalue weighted by atomic mass is 10.1. The minimum atomic E-state index is -4.29. The van der Waals surface area contributed by atoms with Crippen molar-refractivity contribution in [1.29, 1.82) is 0 Å². The maximum atomic E-state index is 12.0. The predicted octanol–water partition coefficient (Wildman–Crippen LogP) is 3.43. The molecular weight excluding hydrogens is 387 g/mol. The molecule has 6 nitrogen and oxygen atoms in total. The molecule has 1 aromatic rings. The highest BCUT2D eigenvalue weighted by Crippen LogP contribution is 2.21.